The van der Waals surface area contributed by atoms with Gasteiger partial charge in [0.1, 0.15) is 0 Å². The standard InChI is InChI=1S/C8H6O4S/c9-13-8-2-7-6(10-4-11-7)1-5(8)3-12-13/h1-2H,3-4H2. The lowest BCUT2D eigenvalue weighted by Gasteiger charge is -1.97. The van der Waals surface area contributed by atoms with Crippen LogP contribution in [0.1, 0.15) is 5.56 Å². The van der Waals surface area contributed by atoms with Crippen LogP contribution in [0.5, 0.6) is 11.5 Å². The molecule has 0 spiro atoms. The van der Waals surface area contributed by atoms with Gasteiger partial charge in [-0.2, -0.15) is 0 Å². The van der Waals surface area contributed by atoms with Crippen LogP contribution in [0.15, 0.2) is 17.0 Å². The zero-order chi connectivity index (χ0) is 8.84. The molecule has 0 fully saturated rings. The molecule has 0 amide bonds. The Kier molecular flexibility index (Phi) is 1.39. The molecule has 0 saturated carbocycles. The average molecular weight is 198 g/mol. The number of rotatable bonds is 0. The number of hydrogen-bond donors (Lipinski definition) is 0. The summed E-state index contributed by atoms with van der Waals surface area (Å²) in [5, 5.41) is 0. The van der Waals surface area contributed by atoms with Crippen LogP contribution < -0.4 is 9.47 Å². The molecular formula is C8H6O4S. The molecule has 0 saturated heterocycles. The molecule has 0 N–H and O–H groups in total. The molecule has 0 aliphatic carbocycles. The van der Waals surface area contributed by atoms with Crippen molar-refractivity contribution in [1.82, 2.24) is 0 Å². The maximum Gasteiger partial charge on any atom is 0.231 e. The highest BCUT2D eigenvalue weighted by atomic mass is 32.2. The summed E-state index contributed by atoms with van der Waals surface area (Å²) in [6.45, 7) is 0.629. The average Bonchev–Trinajstić information content (AvgIpc) is 2.70. The third-order valence-electron chi connectivity index (χ3n) is 2.06. The minimum absolute atomic E-state index is 0.242. The lowest BCUT2D eigenvalue weighted by atomic mass is 10.2. The summed E-state index contributed by atoms with van der Waals surface area (Å²) < 4.78 is 26.6. The van der Waals surface area contributed by atoms with E-state index in [0.717, 1.165) is 5.56 Å². The molecule has 1 aromatic rings. The molecule has 5 heteroatoms. The van der Waals surface area contributed by atoms with E-state index >= 15 is 0 Å². The van der Waals surface area contributed by atoms with E-state index in [2.05, 4.69) is 0 Å². The van der Waals surface area contributed by atoms with Crippen molar-refractivity contribution in [2.24, 2.45) is 0 Å². The lowest BCUT2D eigenvalue weighted by Crippen LogP contribution is -1.93. The van der Waals surface area contributed by atoms with E-state index in [9.17, 15) is 4.21 Å². The second kappa shape index (κ2) is 2.46. The Balaban J connectivity index is 2.22. The molecule has 0 aromatic heterocycles. The first-order chi connectivity index (χ1) is 6.34. The number of ether oxygens (including phenoxy) is 2. The van der Waals surface area contributed by atoms with Crippen LogP contribution in [0.3, 0.4) is 0 Å². The van der Waals surface area contributed by atoms with Gasteiger partial charge in [-0.25, -0.2) is 4.21 Å². The summed E-state index contributed by atoms with van der Waals surface area (Å²) in [6, 6.07) is 3.54. The summed E-state index contributed by atoms with van der Waals surface area (Å²) in [5.74, 6) is 1.36. The molecule has 1 unspecified atom stereocenters. The first-order valence-corrected chi connectivity index (χ1v) is 4.89. The Morgan fingerprint density at radius 3 is 2.85 bits per heavy atom. The molecule has 13 heavy (non-hydrogen) atoms. The van der Waals surface area contributed by atoms with Gasteiger partial charge in [0.25, 0.3) is 0 Å². The molecule has 68 valence electrons. The molecule has 2 aliphatic heterocycles. The smallest absolute Gasteiger partial charge is 0.231 e. The maximum absolute atomic E-state index is 11.3. The minimum atomic E-state index is -1.33. The van der Waals surface area contributed by atoms with Crippen molar-refractivity contribution in [3.8, 4) is 11.5 Å². The Labute approximate surface area is 77.1 Å². The predicted octanol–water partition coefficient (Wildman–Crippen LogP) is 0.968. The van der Waals surface area contributed by atoms with Gasteiger partial charge in [0, 0.05) is 11.6 Å². The van der Waals surface area contributed by atoms with Gasteiger partial charge >= 0.3 is 0 Å². The minimum Gasteiger partial charge on any atom is -0.454 e. The molecule has 2 heterocycles. The van der Waals surface area contributed by atoms with Gasteiger partial charge in [-0.1, -0.05) is 0 Å². The summed E-state index contributed by atoms with van der Waals surface area (Å²) in [6.07, 6.45) is 0. The quantitative estimate of drug-likeness (QED) is 0.623. The van der Waals surface area contributed by atoms with E-state index < -0.39 is 11.1 Å². The summed E-state index contributed by atoms with van der Waals surface area (Å²) >= 11 is -1.33. The lowest BCUT2D eigenvalue weighted by molar-refractivity contribution is 0.173. The zero-order valence-electron chi connectivity index (χ0n) is 6.61. The Hall–Kier alpha value is -1.07. The van der Waals surface area contributed by atoms with Gasteiger partial charge in [0.2, 0.25) is 6.79 Å². The van der Waals surface area contributed by atoms with Crippen LogP contribution in [0.25, 0.3) is 0 Å². The third kappa shape index (κ3) is 0.973. The van der Waals surface area contributed by atoms with Crippen LogP contribution >= 0.6 is 0 Å². The van der Waals surface area contributed by atoms with E-state index in [1.165, 1.54) is 0 Å². The van der Waals surface area contributed by atoms with Crippen LogP contribution in [0.4, 0.5) is 0 Å². The van der Waals surface area contributed by atoms with Gasteiger partial charge in [0.15, 0.2) is 22.6 Å². The van der Waals surface area contributed by atoms with Crippen molar-refractivity contribution in [2.75, 3.05) is 6.79 Å². The van der Waals surface area contributed by atoms with E-state index in [1.54, 1.807) is 6.07 Å². The van der Waals surface area contributed by atoms with E-state index in [1.807, 2.05) is 6.07 Å². The van der Waals surface area contributed by atoms with E-state index in [4.69, 9.17) is 13.7 Å². The van der Waals surface area contributed by atoms with Crippen molar-refractivity contribution >= 4 is 11.1 Å². The molecule has 2 aliphatic rings. The second-order valence-electron chi connectivity index (χ2n) is 2.81. The van der Waals surface area contributed by atoms with Gasteiger partial charge < -0.3 is 9.47 Å². The van der Waals surface area contributed by atoms with Crippen molar-refractivity contribution in [3.05, 3.63) is 17.7 Å². The molecule has 1 aromatic carbocycles. The zero-order valence-corrected chi connectivity index (χ0v) is 7.43. The van der Waals surface area contributed by atoms with Crippen molar-refractivity contribution in [1.29, 1.82) is 0 Å². The van der Waals surface area contributed by atoms with Crippen molar-refractivity contribution in [2.45, 2.75) is 11.5 Å². The first kappa shape index (κ1) is 7.34. The van der Waals surface area contributed by atoms with Crippen LogP contribution in [-0.2, 0) is 21.9 Å². The third-order valence-corrected chi connectivity index (χ3v) is 3.13. The van der Waals surface area contributed by atoms with Crippen LogP contribution in [0.2, 0.25) is 0 Å². The Bertz CT molecular complexity index is 401. The molecule has 0 bridgehead atoms. The molecule has 3 rings (SSSR count). The molecule has 4 nitrogen and oxygen atoms in total. The van der Waals surface area contributed by atoms with Crippen LogP contribution in [-0.4, -0.2) is 11.0 Å². The molecular weight excluding hydrogens is 192 g/mol. The normalized spacial score (nSPS) is 23.2. The Morgan fingerprint density at radius 1 is 1.23 bits per heavy atom. The number of fused-ring (bicyclic) bond motifs is 2. The van der Waals surface area contributed by atoms with Gasteiger partial charge in [-0.3, -0.25) is 4.18 Å². The molecule has 0 radical (unpaired) electrons. The van der Waals surface area contributed by atoms with Gasteiger partial charge in [-0.05, 0) is 6.07 Å². The fraction of sp³-hybridized carbons (Fsp3) is 0.250. The highest BCUT2D eigenvalue weighted by Crippen LogP contribution is 2.38. The van der Waals surface area contributed by atoms with E-state index in [-0.39, 0.29) is 6.79 Å². The second-order valence-corrected chi connectivity index (χ2v) is 3.96. The fourth-order valence-electron chi connectivity index (χ4n) is 1.41. The fourth-order valence-corrected chi connectivity index (χ4v) is 2.31. The summed E-state index contributed by atoms with van der Waals surface area (Å²) in [5.41, 5.74) is 0.919. The van der Waals surface area contributed by atoms with Crippen molar-refractivity contribution in [3.63, 3.8) is 0 Å². The highest BCUT2D eigenvalue weighted by molar-refractivity contribution is 7.80. The molecule has 1 atom stereocenters. The number of benzene rings is 1. The van der Waals surface area contributed by atoms with Crippen molar-refractivity contribution < 1.29 is 17.9 Å². The highest BCUT2D eigenvalue weighted by Gasteiger charge is 2.25. The SMILES string of the molecule is O=S1OCc2cc3c(cc21)OCO3. The summed E-state index contributed by atoms with van der Waals surface area (Å²) in [4.78, 5) is 0.698. The van der Waals surface area contributed by atoms with Crippen LogP contribution in [0, 0.1) is 0 Å². The summed E-state index contributed by atoms with van der Waals surface area (Å²) in [7, 11) is 0. The Morgan fingerprint density at radius 2 is 2.00 bits per heavy atom. The monoisotopic (exact) mass is 198 g/mol. The maximum atomic E-state index is 11.3. The topological polar surface area (TPSA) is 44.8 Å². The van der Waals surface area contributed by atoms with E-state index in [0.29, 0.717) is 23.0 Å². The largest absolute Gasteiger partial charge is 0.454 e. The first-order valence-electron chi connectivity index (χ1n) is 3.82. The van der Waals surface area contributed by atoms with Gasteiger partial charge in [0.05, 0.1) is 11.5 Å². The predicted molar refractivity (Wildman–Crippen MR) is 43.8 cm³/mol. The van der Waals surface area contributed by atoms with Gasteiger partial charge in [-0.15, -0.1) is 0 Å². The number of hydrogen-bond acceptors (Lipinski definition) is 4.